The molecule has 2 aliphatic heterocycles. The normalized spacial score (nSPS) is 20.7. The van der Waals surface area contributed by atoms with Crippen LogP contribution < -0.4 is 16.0 Å². The largest absolute Gasteiger partial charge is 0.344 e. The minimum absolute atomic E-state index is 0.0402. The highest BCUT2D eigenvalue weighted by Gasteiger charge is 2.27. The number of amides is 3. The quantitative estimate of drug-likeness (QED) is 0.718. The standard InChI is InChI=1S/C13H13N3O3/c17-11-4-3-10(16-11)13(19)14-8-1-2-9-7(5-8)6-12(18)15-9/h1-2,5,10H,3-4,6H2,(H,14,19)(H,15,18)(H,16,17). The summed E-state index contributed by atoms with van der Waals surface area (Å²) in [5.41, 5.74) is 2.30. The number of nitrogens with one attached hydrogen (secondary N) is 3. The molecular formula is C13H13N3O3. The van der Waals surface area contributed by atoms with Gasteiger partial charge in [-0.15, -0.1) is 0 Å². The van der Waals surface area contributed by atoms with Gasteiger partial charge < -0.3 is 16.0 Å². The summed E-state index contributed by atoms with van der Waals surface area (Å²) in [5, 5.41) is 8.10. The van der Waals surface area contributed by atoms with Crippen molar-refractivity contribution in [3.63, 3.8) is 0 Å². The van der Waals surface area contributed by atoms with Gasteiger partial charge in [-0.3, -0.25) is 14.4 Å². The predicted molar refractivity (Wildman–Crippen MR) is 68.6 cm³/mol. The molecule has 1 aromatic carbocycles. The first kappa shape index (κ1) is 11.7. The van der Waals surface area contributed by atoms with Gasteiger partial charge in [0.2, 0.25) is 17.7 Å². The fraction of sp³-hybridized carbons (Fsp3) is 0.308. The van der Waals surface area contributed by atoms with Crippen molar-refractivity contribution in [3.8, 4) is 0 Å². The van der Waals surface area contributed by atoms with Crippen LogP contribution in [0.15, 0.2) is 18.2 Å². The average molecular weight is 259 g/mol. The van der Waals surface area contributed by atoms with E-state index in [1.807, 2.05) is 0 Å². The highest BCUT2D eigenvalue weighted by molar-refractivity contribution is 6.02. The predicted octanol–water partition coefficient (Wildman–Crippen LogP) is 0.398. The molecule has 1 fully saturated rings. The first-order chi connectivity index (χ1) is 9.11. The average Bonchev–Trinajstić information content (AvgIpc) is 2.93. The van der Waals surface area contributed by atoms with Crippen molar-refractivity contribution in [1.82, 2.24) is 5.32 Å². The van der Waals surface area contributed by atoms with Gasteiger partial charge in [0.25, 0.3) is 0 Å². The summed E-state index contributed by atoms with van der Waals surface area (Å²) in [5.74, 6) is -0.353. The van der Waals surface area contributed by atoms with Crippen LogP contribution >= 0.6 is 0 Å². The molecule has 2 aliphatic rings. The lowest BCUT2D eigenvalue weighted by molar-refractivity contribution is -0.122. The molecule has 3 N–H and O–H groups in total. The van der Waals surface area contributed by atoms with Crippen LogP contribution in [0, 0.1) is 0 Å². The molecule has 6 heteroatoms. The maximum atomic E-state index is 11.9. The smallest absolute Gasteiger partial charge is 0.246 e. The molecule has 98 valence electrons. The Bertz CT molecular complexity index is 582. The van der Waals surface area contributed by atoms with E-state index < -0.39 is 6.04 Å². The van der Waals surface area contributed by atoms with Crippen molar-refractivity contribution in [2.24, 2.45) is 0 Å². The Labute approximate surface area is 109 Å². The first-order valence-electron chi connectivity index (χ1n) is 6.15. The molecule has 1 unspecified atom stereocenters. The maximum Gasteiger partial charge on any atom is 0.246 e. The summed E-state index contributed by atoms with van der Waals surface area (Å²) in [6, 6.07) is 4.82. The molecule has 0 aliphatic carbocycles. The molecule has 3 rings (SSSR count). The molecule has 0 saturated carbocycles. The van der Waals surface area contributed by atoms with E-state index in [-0.39, 0.29) is 17.7 Å². The number of fused-ring (bicyclic) bond motifs is 1. The zero-order valence-corrected chi connectivity index (χ0v) is 10.2. The zero-order chi connectivity index (χ0) is 13.4. The second-order valence-electron chi connectivity index (χ2n) is 4.74. The summed E-state index contributed by atoms with van der Waals surface area (Å²) in [6.45, 7) is 0. The van der Waals surface area contributed by atoms with Crippen LogP contribution in [0.5, 0.6) is 0 Å². The van der Waals surface area contributed by atoms with Gasteiger partial charge >= 0.3 is 0 Å². The summed E-state index contributed by atoms with van der Waals surface area (Å²) < 4.78 is 0. The van der Waals surface area contributed by atoms with E-state index in [9.17, 15) is 14.4 Å². The fourth-order valence-electron chi connectivity index (χ4n) is 2.35. The number of hydrogen-bond acceptors (Lipinski definition) is 3. The number of hydrogen-bond donors (Lipinski definition) is 3. The number of carbonyl (C=O) groups is 3. The lowest BCUT2D eigenvalue weighted by Crippen LogP contribution is -2.37. The molecule has 0 aromatic heterocycles. The Hall–Kier alpha value is -2.37. The molecular weight excluding hydrogens is 246 g/mol. The minimum atomic E-state index is -0.458. The van der Waals surface area contributed by atoms with Crippen LogP contribution in [-0.4, -0.2) is 23.8 Å². The van der Waals surface area contributed by atoms with Crippen LogP contribution in [0.2, 0.25) is 0 Å². The van der Waals surface area contributed by atoms with Gasteiger partial charge in [0.15, 0.2) is 0 Å². The molecule has 1 aromatic rings. The van der Waals surface area contributed by atoms with E-state index in [0.29, 0.717) is 24.9 Å². The zero-order valence-electron chi connectivity index (χ0n) is 10.2. The van der Waals surface area contributed by atoms with Gasteiger partial charge in [-0.25, -0.2) is 0 Å². The van der Waals surface area contributed by atoms with Gasteiger partial charge in [-0.2, -0.15) is 0 Å². The minimum Gasteiger partial charge on any atom is -0.344 e. The molecule has 6 nitrogen and oxygen atoms in total. The Morgan fingerprint density at radius 1 is 1.26 bits per heavy atom. The number of benzene rings is 1. The van der Waals surface area contributed by atoms with Crippen LogP contribution in [-0.2, 0) is 20.8 Å². The van der Waals surface area contributed by atoms with Crippen molar-refractivity contribution in [2.75, 3.05) is 10.6 Å². The molecule has 3 amide bonds. The van der Waals surface area contributed by atoms with Crippen molar-refractivity contribution >= 4 is 29.1 Å². The Morgan fingerprint density at radius 3 is 2.84 bits per heavy atom. The van der Waals surface area contributed by atoms with E-state index in [2.05, 4.69) is 16.0 Å². The summed E-state index contributed by atoms with van der Waals surface area (Å²) in [6.07, 6.45) is 1.25. The van der Waals surface area contributed by atoms with Gasteiger partial charge in [-0.05, 0) is 30.2 Å². The van der Waals surface area contributed by atoms with E-state index in [1.54, 1.807) is 18.2 Å². The van der Waals surface area contributed by atoms with E-state index in [1.165, 1.54) is 0 Å². The third kappa shape index (κ3) is 2.29. The van der Waals surface area contributed by atoms with Gasteiger partial charge in [-0.1, -0.05) is 0 Å². The van der Waals surface area contributed by atoms with Crippen molar-refractivity contribution in [3.05, 3.63) is 23.8 Å². The summed E-state index contributed by atoms with van der Waals surface area (Å²) in [4.78, 5) is 34.2. The maximum absolute atomic E-state index is 11.9. The van der Waals surface area contributed by atoms with Gasteiger partial charge in [0.1, 0.15) is 6.04 Å². The molecule has 19 heavy (non-hydrogen) atoms. The van der Waals surface area contributed by atoms with Crippen molar-refractivity contribution in [1.29, 1.82) is 0 Å². The molecule has 1 saturated heterocycles. The topological polar surface area (TPSA) is 87.3 Å². The van der Waals surface area contributed by atoms with Gasteiger partial charge in [0.05, 0.1) is 6.42 Å². The molecule has 1 atom stereocenters. The van der Waals surface area contributed by atoms with E-state index in [0.717, 1.165) is 11.3 Å². The van der Waals surface area contributed by atoms with E-state index >= 15 is 0 Å². The molecule has 0 radical (unpaired) electrons. The third-order valence-corrected chi connectivity index (χ3v) is 3.31. The molecule has 0 spiro atoms. The third-order valence-electron chi connectivity index (χ3n) is 3.31. The monoisotopic (exact) mass is 259 g/mol. The van der Waals surface area contributed by atoms with Crippen LogP contribution in [0.1, 0.15) is 18.4 Å². The highest BCUT2D eigenvalue weighted by Crippen LogP contribution is 2.26. The Morgan fingerprint density at radius 2 is 2.11 bits per heavy atom. The Kier molecular flexibility index (Phi) is 2.70. The van der Waals surface area contributed by atoms with E-state index in [4.69, 9.17) is 0 Å². The second-order valence-corrected chi connectivity index (χ2v) is 4.74. The summed E-state index contributed by atoms with van der Waals surface area (Å²) >= 11 is 0. The molecule has 2 heterocycles. The van der Waals surface area contributed by atoms with Gasteiger partial charge in [0, 0.05) is 17.8 Å². The SMILES string of the molecule is O=C1Cc2cc(NC(=O)C3CCC(=O)N3)ccc2N1. The fourth-order valence-corrected chi connectivity index (χ4v) is 2.35. The van der Waals surface area contributed by atoms with Crippen LogP contribution in [0.4, 0.5) is 11.4 Å². The number of rotatable bonds is 2. The van der Waals surface area contributed by atoms with Crippen LogP contribution in [0.3, 0.4) is 0 Å². The van der Waals surface area contributed by atoms with Crippen LogP contribution in [0.25, 0.3) is 0 Å². The lowest BCUT2D eigenvalue weighted by atomic mass is 10.1. The molecule has 0 bridgehead atoms. The van der Waals surface area contributed by atoms with Crippen molar-refractivity contribution < 1.29 is 14.4 Å². The summed E-state index contributed by atoms with van der Waals surface area (Å²) in [7, 11) is 0. The first-order valence-corrected chi connectivity index (χ1v) is 6.15. The Balaban J connectivity index is 1.70. The number of carbonyl (C=O) groups excluding carboxylic acids is 3. The highest BCUT2D eigenvalue weighted by atomic mass is 16.2. The lowest BCUT2D eigenvalue weighted by Gasteiger charge is -2.11. The number of anilines is 2. The second kappa shape index (κ2) is 4.38. The van der Waals surface area contributed by atoms with Crippen molar-refractivity contribution in [2.45, 2.75) is 25.3 Å².